The predicted octanol–water partition coefficient (Wildman–Crippen LogP) is 14.4. The number of hydrogen-bond donors (Lipinski definition) is 0. The van der Waals surface area contributed by atoms with E-state index in [1.54, 1.807) is 0 Å². The van der Waals surface area contributed by atoms with E-state index in [4.69, 9.17) is 4.42 Å². The van der Waals surface area contributed by atoms with Gasteiger partial charge in [0.05, 0.1) is 0 Å². The second kappa shape index (κ2) is 10.9. The Morgan fingerprint density at radius 2 is 0.824 bits per heavy atom. The standard InChI is InChI=1S/C50H30O/c1-2-14-31(15-3-1)44-30-45-36(34-18-6-7-19-35(34)44)24-12-25-41(45)47-37-20-8-10-22-39(37)48(40-23-11-9-21-38(40)47)42-26-13-27-46-49(42)43-29-28-32-16-4-5-17-33(32)50(43)51-46/h1-30H. The minimum Gasteiger partial charge on any atom is -0.455 e. The van der Waals surface area contributed by atoms with Crippen LogP contribution in [0.1, 0.15) is 0 Å². The largest absolute Gasteiger partial charge is 0.455 e. The summed E-state index contributed by atoms with van der Waals surface area (Å²) in [5, 5.41) is 14.6. The second-order valence-electron chi connectivity index (χ2n) is 13.5. The van der Waals surface area contributed by atoms with E-state index < -0.39 is 0 Å². The average molecular weight is 647 g/mol. The highest BCUT2D eigenvalue weighted by Gasteiger charge is 2.22. The number of benzene rings is 10. The van der Waals surface area contributed by atoms with Gasteiger partial charge in [0, 0.05) is 16.2 Å². The third kappa shape index (κ3) is 4.09. The van der Waals surface area contributed by atoms with Gasteiger partial charge in [-0.3, -0.25) is 0 Å². The van der Waals surface area contributed by atoms with Gasteiger partial charge in [-0.25, -0.2) is 0 Å². The van der Waals surface area contributed by atoms with E-state index in [2.05, 4.69) is 182 Å². The fourth-order valence-corrected chi connectivity index (χ4v) is 8.68. The molecule has 0 N–H and O–H groups in total. The Bertz CT molecular complexity index is 3130. The summed E-state index contributed by atoms with van der Waals surface area (Å²) < 4.78 is 6.68. The van der Waals surface area contributed by atoms with Crippen molar-refractivity contribution in [1.29, 1.82) is 0 Å². The van der Waals surface area contributed by atoms with Gasteiger partial charge in [-0.1, -0.05) is 164 Å². The lowest BCUT2D eigenvalue weighted by Gasteiger charge is -2.20. The molecule has 0 aliphatic rings. The molecule has 0 atom stereocenters. The van der Waals surface area contributed by atoms with Crippen molar-refractivity contribution >= 4 is 75.8 Å². The van der Waals surface area contributed by atoms with Crippen LogP contribution in [0, 0.1) is 0 Å². The van der Waals surface area contributed by atoms with E-state index in [1.165, 1.54) is 81.9 Å². The van der Waals surface area contributed by atoms with Gasteiger partial charge in [0.25, 0.3) is 0 Å². The lowest BCUT2D eigenvalue weighted by Crippen LogP contribution is -1.93. The summed E-state index contributed by atoms with van der Waals surface area (Å²) in [6.45, 7) is 0. The van der Waals surface area contributed by atoms with E-state index in [-0.39, 0.29) is 0 Å². The van der Waals surface area contributed by atoms with Crippen molar-refractivity contribution in [2.45, 2.75) is 0 Å². The van der Waals surface area contributed by atoms with Crippen molar-refractivity contribution in [2.24, 2.45) is 0 Å². The highest BCUT2D eigenvalue weighted by molar-refractivity contribution is 6.29. The fourth-order valence-electron chi connectivity index (χ4n) is 8.68. The SMILES string of the molecule is c1ccc(-c2cc3c(-c4c5ccccc5c(-c5cccc6oc7c8ccccc8ccc7c56)c5ccccc45)cccc3c3ccccc23)cc1. The molecular weight excluding hydrogens is 617 g/mol. The monoisotopic (exact) mass is 646 g/mol. The fraction of sp³-hybridized carbons (Fsp3) is 0. The molecule has 236 valence electrons. The van der Waals surface area contributed by atoms with Crippen LogP contribution in [0.15, 0.2) is 186 Å². The Labute approximate surface area is 294 Å². The summed E-state index contributed by atoms with van der Waals surface area (Å²) in [6.07, 6.45) is 0. The maximum absolute atomic E-state index is 6.68. The second-order valence-corrected chi connectivity index (χ2v) is 13.5. The minimum absolute atomic E-state index is 0.908. The number of rotatable bonds is 3. The molecule has 0 amide bonds. The maximum atomic E-state index is 6.68. The molecule has 51 heavy (non-hydrogen) atoms. The first-order valence-corrected chi connectivity index (χ1v) is 17.6. The molecule has 1 heterocycles. The maximum Gasteiger partial charge on any atom is 0.143 e. The number of hydrogen-bond acceptors (Lipinski definition) is 1. The molecule has 11 rings (SSSR count). The summed E-state index contributed by atoms with van der Waals surface area (Å²) in [5.41, 5.74) is 9.26. The molecular formula is C50H30O. The van der Waals surface area contributed by atoms with Gasteiger partial charge < -0.3 is 4.42 Å². The van der Waals surface area contributed by atoms with E-state index in [1.807, 2.05) is 0 Å². The van der Waals surface area contributed by atoms with Gasteiger partial charge in [0.1, 0.15) is 11.2 Å². The first-order valence-electron chi connectivity index (χ1n) is 17.6. The number of fused-ring (bicyclic) bond motifs is 10. The van der Waals surface area contributed by atoms with Crippen LogP contribution in [0.4, 0.5) is 0 Å². The zero-order valence-corrected chi connectivity index (χ0v) is 27.7. The Balaban J connectivity index is 1.27. The van der Waals surface area contributed by atoms with Crippen LogP contribution in [0.3, 0.4) is 0 Å². The van der Waals surface area contributed by atoms with Crippen molar-refractivity contribution in [2.75, 3.05) is 0 Å². The molecule has 0 radical (unpaired) electrons. The first kappa shape index (κ1) is 28.2. The highest BCUT2D eigenvalue weighted by Crippen LogP contribution is 2.49. The third-order valence-corrected chi connectivity index (χ3v) is 10.8. The molecule has 10 aromatic carbocycles. The van der Waals surface area contributed by atoms with Crippen molar-refractivity contribution in [1.82, 2.24) is 0 Å². The Kier molecular flexibility index (Phi) is 6.02. The quantitative estimate of drug-likeness (QED) is 0.138. The summed E-state index contributed by atoms with van der Waals surface area (Å²) in [6, 6.07) is 66.3. The molecule has 0 unspecified atom stereocenters. The molecule has 0 saturated heterocycles. The van der Waals surface area contributed by atoms with Crippen molar-refractivity contribution in [3.63, 3.8) is 0 Å². The van der Waals surface area contributed by atoms with Gasteiger partial charge in [0.2, 0.25) is 0 Å². The van der Waals surface area contributed by atoms with Gasteiger partial charge >= 0.3 is 0 Å². The molecule has 0 aliphatic heterocycles. The lowest BCUT2D eigenvalue weighted by molar-refractivity contribution is 0.673. The predicted molar refractivity (Wildman–Crippen MR) is 218 cm³/mol. The molecule has 0 aliphatic carbocycles. The van der Waals surface area contributed by atoms with Crippen LogP contribution < -0.4 is 0 Å². The first-order chi connectivity index (χ1) is 25.3. The van der Waals surface area contributed by atoms with Gasteiger partial charge in [-0.15, -0.1) is 0 Å². The summed E-state index contributed by atoms with van der Waals surface area (Å²) in [4.78, 5) is 0. The van der Waals surface area contributed by atoms with Crippen LogP contribution in [0.5, 0.6) is 0 Å². The van der Waals surface area contributed by atoms with E-state index in [0.717, 1.165) is 27.3 Å². The van der Waals surface area contributed by atoms with E-state index >= 15 is 0 Å². The van der Waals surface area contributed by atoms with Crippen LogP contribution in [-0.4, -0.2) is 0 Å². The Morgan fingerprint density at radius 1 is 0.294 bits per heavy atom. The zero-order valence-electron chi connectivity index (χ0n) is 27.7. The highest BCUT2D eigenvalue weighted by atomic mass is 16.3. The van der Waals surface area contributed by atoms with E-state index in [9.17, 15) is 0 Å². The van der Waals surface area contributed by atoms with Gasteiger partial charge in [-0.05, 0) is 100 Å². The normalized spacial score (nSPS) is 11.9. The average Bonchev–Trinajstić information content (AvgIpc) is 3.60. The number of furan rings is 1. The third-order valence-electron chi connectivity index (χ3n) is 10.8. The summed E-state index contributed by atoms with van der Waals surface area (Å²) >= 11 is 0. The van der Waals surface area contributed by atoms with Crippen molar-refractivity contribution < 1.29 is 4.42 Å². The summed E-state index contributed by atoms with van der Waals surface area (Å²) in [7, 11) is 0. The van der Waals surface area contributed by atoms with Crippen LogP contribution in [0.25, 0.3) is 109 Å². The van der Waals surface area contributed by atoms with Crippen LogP contribution in [0.2, 0.25) is 0 Å². The summed E-state index contributed by atoms with van der Waals surface area (Å²) in [5.74, 6) is 0. The van der Waals surface area contributed by atoms with Crippen LogP contribution in [-0.2, 0) is 0 Å². The molecule has 11 aromatic rings. The molecule has 0 saturated carbocycles. The molecule has 0 bridgehead atoms. The Morgan fingerprint density at radius 3 is 1.55 bits per heavy atom. The smallest absolute Gasteiger partial charge is 0.143 e. The molecule has 1 aromatic heterocycles. The zero-order chi connectivity index (χ0) is 33.5. The van der Waals surface area contributed by atoms with Gasteiger partial charge in [0.15, 0.2) is 0 Å². The molecule has 1 nitrogen and oxygen atoms in total. The topological polar surface area (TPSA) is 13.1 Å². The van der Waals surface area contributed by atoms with Gasteiger partial charge in [-0.2, -0.15) is 0 Å². The minimum atomic E-state index is 0.908. The molecule has 0 fully saturated rings. The van der Waals surface area contributed by atoms with Crippen molar-refractivity contribution in [3.8, 4) is 33.4 Å². The Hall–Kier alpha value is -6.70. The van der Waals surface area contributed by atoms with Crippen molar-refractivity contribution in [3.05, 3.63) is 182 Å². The lowest BCUT2D eigenvalue weighted by atomic mass is 9.83. The molecule has 1 heteroatoms. The van der Waals surface area contributed by atoms with Crippen LogP contribution >= 0.6 is 0 Å². The van der Waals surface area contributed by atoms with E-state index in [0.29, 0.717) is 0 Å². The molecule has 0 spiro atoms.